The molecule has 0 spiro atoms. The van der Waals surface area contributed by atoms with E-state index in [4.69, 9.17) is 9.47 Å². The van der Waals surface area contributed by atoms with Gasteiger partial charge in [-0.15, -0.1) is 0 Å². The van der Waals surface area contributed by atoms with Gasteiger partial charge in [0.1, 0.15) is 16.6 Å². The zero-order chi connectivity index (χ0) is 16.9. The summed E-state index contributed by atoms with van der Waals surface area (Å²) >= 11 is 3.15. The zero-order valence-electron chi connectivity index (χ0n) is 12.8. The van der Waals surface area contributed by atoms with Crippen molar-refractivity contribution in [1.29, 1.82) is 0 Å². The molecular formula is C13H18BrN3O5. The molecule has 1 rings (SSSR count). The van der Waals surface area contributed by atoms with Gasteiger partial charge in [-0.3, -0.25) is 9.59 Å². The van der Waals surface area contributed by atoms with E-state index in [1.807, 2.05) is 0 Å². The van der Waals surface area contributed by atoms with Crippen molar-refractivity contribution in [2.45, 2.75) is 39.7 Å². The minimum atomic E-state index is -0.753. The third-order valence-corrected chi connectivity index (χ3v) is 2.74. The molecule has 0 unspecified atom stereocenters. The molecule has 1 heterocycles. The molecule has 0 aliphatic heterocycles. The minimum Gasteiger partial charge on any atom is -0.466 e. The van der Waals surface area contributed by atoms with Gasteiger partial charge in [-0.05, 0) is 43.6 Å². The average Bonchev–Trinajstić information content (AvgIpc) is 2.68. The Morgan fingerprint density at radius 2 is 2.00 bits per heavy atom. The molecule has 9 heteroatoms. The number of carbonyl (C=O) groups is 3. The van der Waals surface area contributed by atoms with Crippen LogP contribution >= 0.6 is 15.9 Å². The highest BCUT2D eigenvalue weighted by molar-refractivity contribution is 9.10. The standard InChI is InChI=1S/C13H18BrN3O5/c1-5-21-10(19)6-8(18)11-15-7-9(14)17(11)16-12(20)22-13(2,3)4/h7H,5-6H2,1-4H3,(H,16,20). The molecule has 22 heavy (non-hydrogen) atoms. The first-order valence-electron chi connectivity index (χ1n) is 6.56. The van der Waals surface area contributed by atoms with Crippen LogP contribution in [0.2, 0.25) is 0 Å². The molecule has 0 radical (unpaired) electrons. The SMILES string of the molecule is CCOC(=O)CC(=O)c1ncc(Br)n1NC(=O)OC(C)(C)C. The number of ether oxygens (including phenoxy) is 2. The fourth-order valence-electron chi connectivity index (χ4n) is 1.45. The van der Waals surface area contributed by atoms with Crippen LogP contribution in [0.3, 0.4) is 0 Å². The molecule has 8 nitrogen and oxygen atoms in total. The molecule has 0 saturated carbocycles. The van der Waals surface area contributed by atoms with Crippen LogP contribution in [-0.2, 0) is 14.3 Å². The number of aromatic nitrogens is 2. The molecule has 1 N–H and O–H groups in total. The number of nitrogens with one attached hydrogen (secondary N) is 1. The highest BCUT2D eigenvalue weighted by atomic mass is 79.9. The summed E-state index contributed by atoms with van der Waals surface area (Å²) < 4.78 is 11.3. The number of carbonyl (C=O) groups excluding carboxylic acids is 3. The van der Waals surface area contributed by atoms with Crippen molar-refractivity contribution in [3.05, 3.63) is 16.6 Å². The molecule has 122 valence electrons. The quantitative estimate of drug-likeness (QED) is 0.481. The van der Waals surface area contributed by atoms with Crippen molar-refractivity contribution < 1.29 is 23.9 Å². The average molecular weight is 376 g/mol. The smallest absolute Gasteiger partial charge is 0.427 e. The molecule has 0 bridgehead atoms. The summed E-state index contributed by atoms with van der Waals surface area (Å²) in [5.41, 5.74) is 1.69. The Hall–Kier alpha value is -1.90. The van der Waals surface area contributed by atoms with Crippen LogP contribution in [0.1, 0.15) is 44.7 Å². The van der Waals surface area contributed by atoms with E-state index in [0.29, 0.717) is 4.60 Å². The van der Waals surface area contributed by atoms with E-state index in [1.165, 1.54) is 6.20 Å². The fraction of sp³-hybridized carbons (Fsp3) is 0.538. The Morgan fingerprint density at radius 1 is 1.36 bits per heavy atom. The number of esters is 1. The molecule has 0 aromatic carbocycles. The van der Waals surface area contributed by atoms with Gasteiger partial charge in [-0.1, -0.05) is 0 Å². The first-order valence-corrected chi connectivity index (χ1v) is 7.35. The number of hydrogen-bond acceptors (Lipinski definition) is 6. The van der Waals surface area contributed by atoms with Crippen molar-refractivity contribution in [2.75, 3.05) is 12.0 Å². The van der Waals surface area contributed by atoms with Crippen molar-refractivity contribution in [1.82, 2.24) is 9.66 Å². The number of hydrogen-bond donors (Lipinski definition) is 1. The van der Waals surface area contributed by atoms with Gasteiger partial charge in [-0.2, -0.15) is 0 Å². The Labute approximate surface area is 136 Å². The van der Waals surface area contributed by atoms with E-state index >= 15 is 0 Å². The van der Waals surface area contributed by atoms with E-state index in [1.54, 1.807) is 27.7 Å². The second-order valence-corrected chi connectivity index (χ2v) is 6.07. The maximum absolute atomic E-state index is 12.0. The van der Waals surface area contributed by atoms with Crippen LogP contribution in [0, 0.1) is 0 Å². The predicted octanol–water partition coefficient (Wildman–Crippen LogP) is 2.26. The largest absolute Gasteiger partial charge is 0.466 e. The lowest BCUT2D eigenvalue weighted by Gasteiger charge is -2.20. The van der Waals surface area contributed by atoms with E-state index in [-0.39, 0.29) is 12.4 Å². The molecule has 0 saturated heterocycles. The Morgan fingerprint density at radius 3 is 2.55 bits per heavy atom. The lowest BCUT2D eigenvalue weighted by atomic mass is 10.2. The van der Waals surface area contributed by atoms with Gasteiger partial charge in [0.05, 0.1) is 12.8 Å². The van der Waals surface area contributed by atoms with Crippen molar-refractivity contribution >= 4 is 33.8 Å². The highest BCUT2D eigenvalue weighted by Crippen LogP contribution is 2.14. The summed E-state index contributed by atoms with van der Waals surface area (Å²) in [6.07, 6.45) is 0.111. The summed E-state index contributed by atoms with van der Waals surface area (Å²) in [6.45, 7) is 6.96. The topological polar surface area (TPSA) is 99.5 Å². The normalized spacial score (nSPS) is 11.0. The molecule has 0 aliphatic rings. The first-order chi connectivity index (χ1) is 10.1. The van der Waals surface area contributed by atoms with Crippen molar-refractivity contribution in [3.8, 4) is 0 Å². The molecule has 1 amide bonds. The summed E-state index contributed by atoms with van der Waals surface area (Å²) in [4.78, 5) is 39.0. The number of nitrogens with zero attached hydrogens (tertiary/aromatic N) is 2. The third kappa shape index (κ3) is 5.47. The maximum atomic E-state index is 12.0. The number of amides is 1. The number of halogens is 1. The van der Waals surface area contributed by atoms with Gasteiger partial charge >= 0.3 is 12.1 Å². The lowest BCUT2D eigenvalue weighted by molar-refractivity contribution is -0.141. The van der Waals surface area contributed by atoms with Gasteiger partial charge in [0, 0.05) is 0 Å². The lowest BCUT2D eigenvalue weighted by Crippen LogP contribution is -2.33. The third-order valence-electron chi connectivity index (χ3n) is 2.18. The van der Waals surface area contributed by atoms with Crippen LogP contribution < -0.4 is 5.43 Å². The van der Waals surface area contributed by atoms with E-state index in [2.05, 4.69) is 26.3 Å². The summed E-state index contributed by atoms with van der Waals surface area (Å²) in [5.74, 6) is -1.35. The molecule has 0 fully saturated rings. The molecule has 1 aromatic heterocycles. The molecular weight excluding hydrogens is 358 g/mol. The minimum absolute atomic E-state index is 0.106. The Bertz CT molecular complexity index is 577. The van der Waals surface area contributed by atoms with Gasteiger partial charge in [-0.25, -0.2) is 19.9 Å². The Kier molecular flexibility index (Phi) is 6.10. The number of Topliss-reactive ketones (excluding diaryl/α,β-unsaturated/α-hetero) is 1. The maximum Gasteiger partial charge on any atom is 0.427 e. The van der Waals surface area contributed by atoms with Crippen LogP contribution in [0.4, 0.5) is 4.79 Å². The van der Waals surface area contributed by atoms with Crippen LogP contribution in [-0.4, -0.2) is 39.7 Å². The number of rotatable bonds is 5. The Balaban J connectivity index is 2.85. The monoisotopic (exact) mass is 375 g/mol. The summed E-state index contributed by atoms with van der Waals surface area (Å²) in [5, 5.41) is 0. The first kappa shape index (κ1) is 18.1. The van der Waals surface area contributed by atoms with Crippen molar-refractivity contribution in [3.63, 3.8) is 0 Å². The van der Waals surface area contributed by atoms with Crippen LogP contribution in [0.25, 0.3) is 0 Å². The second kappa shape index (κ2) is 7.39. The molecule has 0 aliphatic carbocycles. The van der Waals surface area contributed by atoms with E-state index < -0.39 is 29.9 Å². The van der Waals surface area contributed by atoms with Gasteiger partial charge in [0.25, 0.3) is 0 Å². The van der Waals surface area contributed by atoms with Crippen LogP contribution in [0.5, 0.6) is 0 Å². The van der Waals surface area contributed by atoms with Gasteiger partial charge in [0.15, 0.2) is 5.82 Å². The summed E-state index contributed by atoms with van der Waals surface area (Å²) in [7, 11) is 0. The van der Waals surface area contributed by atoms with Gasteiger partial charge in [0.2, 0.25) is 5.78 Å². The predicted molar refractivity (Wildman–Crippen MR) is 81.1 cm³/mol. The fourth-order valence-corrected chi connectivity index (χ4v) is 1.81. The highest BCUT2D eigenvalue weighted by Gasteiger charge is 2.23. The number of ketones is 1. The number of imidazole rings is 1. The molecule has 0 atom stereocenters. The van der Waals surface area contributed by atoms with Gasteiger partial charge < -0.3 is 9.47 Å². The van der Waals surface area contributed by atoms with Crippen LogP contribution in [0.15, 0.2) is 10.8 Å². The van der Waals surface area contributed by atoms with E-state index in [9.17, 15) is 14.4 Å². The second-order valence-electron chi connectivity index (χ2n) is 5.26. The van der Waals surface area contributed by atoms with Crippen molar-refractivity contribution in [2.24, 2.45) is 0 Å². The summed E-state index contributed by atoms with van der Waals surface area (Å²) in [6, 6.07) is 0. The molecule has 1 aromatic rings. The zero-order valence-corrected chi connectivity index (χ0v) is 14.4. The van der Waals surface area contributed by atoms with E-state index in [0.717, 1.165) is 4.68 Å².